The summed E-state index contributed by atoms with van der Waals surface area (Å²) in [6, 6.07) is 11.6. The number of hydrogen-bond acceptors (Lipinski definition) is 6. The molecule has 8 heteroatoms. The average Bonchev–Trinajstić information content (AvgIpc) is 2.65. The molecule has 7 nitrogen and oxygen atoms in total. The fourth-order valence-electron chi connectivity index (χ4n) is 2.89. The van der Waals surface area contributed by atoms with Crippen LogP contribution in [0.4, 0.5) is 5.69 Å². The molecule has 28 heavy (non-hydrogen) atoms. The highest BCUT2D eigenvalue weighted by Gasteiger charge is 2.39. The summed E-state index contributed by atoms with van der Waals surface area (Å²) in [6.45, 7) is 2.88. The lowest BCUT2D eigenvalue weighted by molar-refractivity contribution is -0.177. The fraction of sp³-hybridized carbons (Fsp3) is 0.200. The van der Waals surface area contributed by atoms with Crippen molar-refractivity contribution in [3.8, 4) is 0 Å². The van der Waals surface area contributed by atoms with Crippen LogP contribution < -0.4 is 5.32 Å². The molecule has 2 aromatic carbocycles. The van der Waals surface area contributed by atoms with Crippen molar-refractivity contribution in [1.29, 1.82) is 0 Å². The summed E-state index contributed by atoms with van der Waals surface area (Å²) in [6.07, 6.45) is 1.27. The molecule has 0 spiro atoms. The molecule has 1 amide bonds. The number of aliphatic hydroxyl groups excluding tert-OH is 1. The molecule has 146 valence electrons. The summed E-state index contributed by atoms with van der Waals surface area (Å²) in [7, 11) is -3.78. The van der Waals surface area contributed by atoms with E-state index in [1.54, 1.807) is 0 Å². The van der Waals surface area contributed by atoms with Gasteiger partial charge in [0.15, 0.2) is 17.7 Å². The molecular weight excluding hydrogens is 382 g/mol. The molecule has 0 saturated carbocycles. The minimum atomic E-state index is -3.78. The standard InChI is InChI=1S/C20H19NO6S/c1-13(22)21-15-5-9-17(10-6-15)28(25,26)16-7-3-14(4-8-16)20(2)18(23)11-12-19(24)27-20/h3-12,19,24H,1-2H3,(H,21,22)/t19?,20-/m0/s1. The Kier molecular flexibility index (Phi) is 5.20. The Morgan fingerprint density at radius 1 is 1.07 bits per heavy atom. The minimum absolute atomic E-state index is 0.0477. The van der Waals surface area contributed by atoms with E-state index in [9.17, 15) is 23.1 Å². The van der Waals surface area contributed by atoms with E-state index in [0.29, 0.717) is 11.3 Å². The Morgan fingerprint density at radius 3 is 2.14 bits per heavy atom. The molecule has 2 aromatic rings. The number of hydrogen-bond donors (Lipinski definition) is 2. The first-order valence-electron chi connectivity index (χ1n) is 8.45. The van der Waals surface area contributed by atoms with Crippen LogP contribution in [-0.4, -0.2) is 31.5 Å². The van der Waals surface area contributed by atoms with Crippen LogP contribution in [-0.2, 0) is 29.8 Å². The van der Waals surface area contributed by atoms with Gasteiger partial charge in [0.25, 0.3) is 0 Å². The number of anilines is 1. The van der Waals surface area contributed by atoms with E-state index in [0.717, 1.165) is 0 Å². The predicted octanol–water partition coefficient (Wildman–Crippen LogP) is 2.17. The van der Waals surface area contributed by atoms with Crippen molar-refractivity contribution < 1.29 is 27.9 Å². The quantitative estimate of drug-likeness (QED) is 0.813. The number of ether oxygens (including phenoxy) is 1. The van der Waals surface area contributed by atoms with Crippen LogP contribution in [0, 0.1) is 0 Å². The van der Waals surface area contributed by atoms with E-state index in [1.165, 1.54) is 74.5 Å². The Hall–Kier alpha value is -2.81. The van der Waals surface area contributed by atoms with Crippen LogP contribution in [0.15, 0.2) is 70.5 Å². The molecule has 0 aromatic heterocycles. The Labute approximate surface area is 162 Å². The molecule has 0 bridgehead atoms. The Bertz CT molecular complexity index is 1040. The topological polar surface area (TPSA) is 110 Å². The number of sulfone groups is 1. The van der Waals surface area contributed by atoms with E-state index >= 15 is 0 Å². The number of carbonyl (C=O) groups is 2. The Morgan fingerprint density at radius 2 is 1.61 bits per heavy atom. The molecular formula is C20H19NO6S. The molecule has 2 atom stereocenters. The maximum absolute atomic E-state index is 12.8. The van der Waals surface area contributed by atoms with Gasteiger partial charge >= 0.3 is 0 Å². The molecule has 0 radical (unpaired) electrons. The molecule has 0 aliphatic carbocycles. The van der Waals surface area contributed by atoms with Gasteiger partial charge in [-0.2, -0.15) is 0 Å². The third kappa shape index (κ3) is 3.75. The van der Waals surface area contributed by atoms with Crippen molar-refractivity contribution in [3.05, 3.63) is 66.2 Å². The van der Waals surface area contributed by atoms with Crippen LogP contribution in [0.2, 0.25) is 0 Å². The van der Waals surface area contributed by atoms with E-state index in [1.807, 2.05) is 0 Å². The highest BCUT2D eigenvalue weighted by Crippen LogP contribution is 2.32. The highest BCUT2D eigenvalue weighted by molar-refractivity contribution is 7.91. The van der Waals surface area contributed by atoms with Crippen LogP contribution in [0.3, 0.4) is 0 Å². The maximum Gasteiger partial charge on any atom is 0.221 e. The number of amides is 1. The molecule has 0 fully saturated rings. The van der Waals surface area contributed by atoms with Crippen LogP contribution in [0.5, 0.6) is 0 Å². The second-order valence-electron chi connectivity index (χ2n) is 6.50. The van der Waals surface area contributed by atoms with E-state index in [-0.39, 0.29) is 21.5 Å². The van der Waals surface area contributed by atoms with E-state index in [4.69, 9.17) is 4.74 Å². The van der Waals surface area contributed by atoms with Gasteiger partial charge in [-0.15, -0.1) is 0 Å². The SMILES string of the molecule is CC(=O)Nc1ccc(S(=O)(=O)c2ccc([C@]3(C)OC(O)C=CC3=O)cc2)cc1. The molecule has 1 aliphatic heterocycles. The summed E-state index contributed by atoms with van der Waals surface area (Å²) in [5.41, 5.74) is -0.466. The lowest BCUT2D eigenvalue weighted by atomic mass is 9.89. The van der Waals surface area contributed by atoms with Gasteiger partial charge in [0.05, 0.1) is 9.79 Å². The van der Waals surface area contributed by atoms with Gasteiger partial charge in [-0.1, -0.05) is 12.1 Å². The number of carbonyl (C=O) groups excluding carboxylic acids is 2. The molecule has 1 heterocycles. The van der Waals surface area contributed by atoms with Crippen molar-refractivity contribution in [2.75, 3.05) is 5.32 Å². The lowest BCUT2D eigenvalue weighted by Crippen LogP contribution is -2.40. The average molecular weight is 401 g/mol. The first-order valence-corrected chi connectivity index (χ1v) is 9.93. The largest absolute Gasteiger partial charge is 0.365 e. The van der Waals surface area contributed by atoms with Crippen molar-refractivity contribution >= 4 is 27.2 Å². The number of ketones is 1. The second-order valence-corrected chi connectivity index (χ2v) is 8.45. The summed E-state index contributed by atoms with van der Waals surface area (Å²) in [5.74, 6) is -0.596. The normalized spacial score (nSPS) is 22.1. The van der Waals surface area contributed by atoms with Gasteiger partial charge in [0, 0.05) is 12.6 Å². The smallest absolute Gasteiger partial charge is 0.221 e. The Balaban J connectivity index is 1.89. The first kappa shape index (κ1) is 19.9. The highest BCUT2D eigenvalue weighted by atomic mass is 32.2. The number of benzene rings is 2. The number of aliphatic hydroxyl groups is 1. The number of rotatable bonds is 4. The van der Waals surface area contributed by atoms with Gasteiger partial charge in [-0.25, -0.2) is 8.42 Å². The zero-order valence-electron chi connectivity index (χ0n) is 15.2. The van der Waals surface area contributed by atoms with Crippen LogP contribution >= 0.6 is 0 Å². The third-order valence-corrected chi connectivity index (χ3v) is 6.22. The predicted molar refractivity (Wildman–Crippen MR) is 101 cm³/mol. The monoisotopic (exact) mass is 401 g/mol. The summed E-state index contributed by atoms with van der Waals surface area (Å²) in [5, 5.41) is 12.2. The fourth-order valence-corrected chi connectivity index (χ4v) is 4.15. The van der Waals surface area contributed by atoms with E-state index < -0.39 is 21.7 Å². The molecule has 0 saturated heterocycles. The van der Waals surface area contributed by atoms with Gasteiger partial charge in [0.1, 0.15) is 0 Å². The van der Waals surface area contributed by atoms with Gasteiger partial charge < -0.3 is 15.2 Å². The van der Waals surface area contributed by atoms with Gasteiger partial charge in [-0.05, 0) is 61.0 Å². The lowest BCUT2D eigenvalue weighted by Gasteiger charge is -2.32. The number of nitrogens with one attached hydrogen (secondary N) is 1. The maximum atomic E-state index is 12.8. The summed E-state index contributed by atoms with van der Waals surface area (Å²) < 4.78 is 31.0. The molecule has 2 N–H and O–H groups in total. The van der Waals surface area contributed by atoms with E-state index in [2.05, 4.69) is 5.32 Å². The van der Waals surface area contributed by atoms with Gasteiger partial charge in [0.2, 0.25) is 15.7 Å². The van der Waals surface area contributed by atoms with Gasteiger partial charge in [-0.3, -0.25) is 9.59 Å². The zero-order valence-corrected chi connectivity index (χ0v) is 16.1. The van der Waals surface area contributed by atoms with Crippen molar-refractivity contribution in [2.45, 2.75) is 35.5 Å². The summed E-state index contributed by atoms with van der Waals surface area (Å²) in [4.78, 5) is 23.4. The van der Waals surface area contributed by atoms with Crippen LogP contribution in [0.1, 0.15) is 19.4 Å². The first-order chi connectivity index (χ1) is 13.1. The summed E-state index contributed by atoms with van der Waals surface area (Å²) >= 11 is 0. The van der Waals surface area contributed by atoms with Crippen molar-refractivity contribution in [2.24, 2.45) is 0 Å². The second kappa shape index (κ2) is 7.31. The zero-order chi connectivity index (χ0) is 20.5. The molecule has 1 aliphatic rings. The molecule has 1 unspecified atom stereocenters. The van der Waals surface area contributed by atoms with Crippen molar-refractivity contribution in [1.82, 2.24) is 0 Å². The third-order valence-electron chi connectivity index (χ3n) is 4.44. The van der Waals surface area contributed by atoms with Crippen LogP contribution in [0.25, 0.3) is 0 Å². The minimum Gasteiger partial charge on any atom is -0.365 e. The molecule has 3 rings (SSSR count). The van der Waals surface area contributed by atoms with Crippen molar-refractivity contribution in [3.63, 3.8) is 0 Å².